The third kappa shape index (κ3) is 1.64. The highest BCUT2D eigenvalue weighted by molar-refractivity contribution is 9.10. The van der Waals surface area contributed by atoms with Gasteiger partial charge in [-0.3, -0.25) is 4.79 Å². The van der Waals surface area contributed by atoms with Crippen molar-refractivity contribution in [3.63, 3.8) is 0 Å². The fourth-order valence-electron chi connectivity index (χ4n) is 2.07. The van der Waals surface area contributed by atoms with E-state index in [9.17, 15) is 10.0 Å². The molecule has 1 aromatic carbocycles. The second-order valence-corrected chi connectivity index (χ2v) is 5.27. The molecule has 0 fully saturated rings. The zero-order chi connectivity index (χ0) is 12.7. The fraction of sp³-hybridized carbons (Fsp3) is 0.250. The number of fused-ring (bicyclic) bond motifs is 1. The number of rotatable bonds is 1. The Kier molecular flexibility index (Phi) is 2.66. The van der Waals surface area contributed by atoms with E-state index in [1.54, 1.807) is 12.1 Å². The van der Waals surface area contributed by atoms with Crippen LogP contribution in [-0.4, -0.2) is 20.5 Å². The quantitative estimate of drug-likeness (QED) is 0.454. The van der Waals surface area contributed by atoms with Crippen LogP contribution in [0.4, 0.5) is 0 Å². The first-order chi connectivity index (χ1) is 8.68. The molecule has 0 spiro atoms. The number of alkyl halides is 1. The van der Waals surface area contributed by atoms with Crippen LogP contribution in [-0.2, 0) is 6.42 Å². The van der Waals surface area contributed by atoms with E-state index in [1.165, 1.54) is 4.80 Å². The lowest BCUT2D eigenvalue weighted by atomic mass is 10.00. The average Bonchev–Trinajstić information content (AvgIpc) is 2.73. The number of halogens is 1. The topological polar surface area (TPSA) is 61.8 Å². The number of carbonyl (C=O) groups excluding carboxylic acids is 1. The second kappa shape index (κ2) is 4.20. The zero-order valence-corrected chi connectivity index (χ0v) is 11.0. The van der Waals surface area contributed by atoms with Gasteiger partial charge in [0.15, 0.2) is 5.69 Å². The summed E-state index contributed by atoms with van der Waals surface area (Å²) >= 11 is 3.30. The number of hydrogen-bond donors (Lipinski definition) is 0. The number of Topliss-reactive ketones (excluding diaryl/α,β-unsaturated/α-hetero) is 1. The zero-order valence-electron chi connectivity index (χ0n) is 9.41. The molecule has 3 rings (SSSR count). The van der Waals surface area contributed by atoms with Crippen molar-refractivity contribution in [3.8, 4) is 5.69 Å². The molecule has 1 aliphatic carbocycles. The van der Waals surface area contributed by atoms with Crippen LogP contribution in [0.25, 0.3) is 5.69 Å². The molecule has 0 saturated heterocycles. The lowest BCUT2D eigenvalue weighted by molar-refractivity contribution is -0.695. The SMILES string of the molecule is O=C1c2nn(-c3ccccc3)[n+]([O-])c2CC[C@@H]1Br. The molecule has 1 atom stereocenters. The molecule has 1 heterocycles. The summed E-state index contributed by atoms with van der Waals surface area (Å²) < 4.78 is 0. The van der Waals surface area contributed by atoms with Gasteiger partial charge in [-0.15, -0.1) is 4.85 Å². The van der Waals surface area contributed by atoms with Crippen molar-refractivity contribution < 1.29 is 9.64 Å². The van der Waals surface area contributed by atoms with Crippen LogP contribution in [0.1, 0.15) is 22.6 Å². The lowest BCUT2D eigenvalue weighted by Gasteiger charge is -2.11. The summed E-state index contributed by atoms with van der Waals surface area (Å²) in [4.78, 5) is 13.6. The van der Waals surface area contributed by atoms with Gasteiger partial charge >= 0.3 is 0 Å². The van der Waals surface area contributed by atoms with Crippen LogP contribution >= 0.6 is 15.9 Å². The first-order valence-electron chi connectivity index (χ1n) is 5.64. The van der Waals surface area contributed by atoms with Crippen LogP contribution in [0.3, 0.4) is 0 Å². The molecule has 0 unspecified atom stereocenters. The molecular weight excluding hydrogens is 298 g/mol. The Bertz CT molecular complexity index is 609. The van der Waals surface area contributed by atoms with Gasteiger partial charge in [0, 0.05) is 6.42 Å². The summed E-state index contributed by atoms with van der Waals surface area (Å²) in [6.07, 6.45) is 1.20. The first-order valence-corrected chi connectivity index (χ1v) is 6.55. The maximum atomic E-state index is 12.1. The predicted molar refractivity (Wildman–Crippen MR) is 67.9 cm³/mol. The Balaban J connectivity index is 2.15. The minimum Gasteiger partial charge on any atom is -0.692 e. The van der Waals surface area contributed by atoms with E-state index < -0.39 is 0 Å². The van der Waals surface area contributed by atoms with Gasteiger partial charge in [-0.2, -0.15) is 0 Å². The van der Waals surface area contributed by atoms with Crippen LogP contribution in [0.2, 0.25) is 0 Å². The average molecular weight is 308 g/mol. The van der Waals surface area contributed by atoms with Crippen molar-refractivity contribution >= 4 is 21.7 Å². The van der Waals surface area contributed by atoms with Crippen molar-refractivity contribution in [3.05, 3.63) is 46.9 Å². The largest absolute Gasteiger partial charge is 0.692 e. The molecule has 0 radical (unpaired) electrons. The lowest BCUT2D eigenvalue weighted by Crippen LogP contribution is -2.41. The Morgan fingerprint density at radius 1 is 1.39 bits per heavy atom. The minimum atomic E-state index is -0.232. The molecule has 18 heavy (non-hydrogen) atoms. The van der Waals surface area contributed by atoms with Gasteiger partial charge in [0.1, 0.15) is 5.69 Å². The molecular formula is C12H10BrN3O2. The van der Waals surface area contributed by atoms with E-state index in [-0.39, 0.29) is 16.3 Å². The number of benzene rings is 1. The molecule has 1 aromatic heterocycles. The summed E-state index contributed by atoms with van der Waals surface area (Å²) in [6, 6.07) is 9.07. The number of nitrogens with zero attached hydrogens (tertiary/aromatic N) is 3. The monoisotopic (exact) mass is 307 g/mol. The molecule has 0 aliphatic heterocycles. The summed E-state index contributed by atoms with van der Waals surface area (Å²) in [5, 5.41) is 16.3. The second-order valence-electron chi connectivity index (χ2n) is 4.16. The number of hydrogen-bond acceptors (Lipinski definition) is 3. The van der Waals surface area contributed by atoms with E-state index in [1.807, 2.05) is 18.2 Å². The van der Waals surface area contributed by atoms with Gasteiger partial charge in [-0.05, 0) is 23.4 Å². The number of carbonyl (C=O) groups is 1. The summed E-state index contributed by atoms with van der Waals surface area (Å²) in [5.74, 6) is -0.115. The van der Waals surface area contributed by atoms with E-state index >= 15 is 0 Å². The fourth-order valence-corrected chi connectivity index (χ4v) is 2.52. The number of aromatic nitrogens is 3. The first kappa shape index (κ1) is 11.4. The van der Waals surface area contributed by atoms with Gasteiger partial charge in [-0.1, -0.05) is 34.1 Å². The van der Waals surface area contributed by atoms with Crippen LogP contribution in [0.15, 0.2) is 30.3 Å². The molecule has 0 bridgehead atoms. The minimum absolute atomic E-state index is 0.115. The Morgan fingerprint density at radius 3 is 2.83 bits per heavy atom. The van der Waals surface area contributed by atoms with E-state index in [2.05, 4.69) is 21.0 Å². The molecule has 92 valence electrons. The predicted octanol–water partition coefficient (Wildman–Crippen LogP) is 1.40. The number of para-hydroxylation sites is 1. The van der Waals surface area contributed by atoms with Gasteiger partial charge < -0.3 is 5.21 Å². The number of ketones is 1. The third-order valence-corrected chi connectivity index (χ3v) is 3.88. The molecule has 0 N–H and O–H groups in total. The van der Waals surface area contributed by atoms with Crippen LogP contribution in [0.5, 0.6) is 0 Å². The highest BCUT2D eigenvalue weighted by Crippen LogP contribution is 2.22. The van der Waals surface area contributed by atoms with E-state index in [0.717, 1.165) is 0 Å². The smallest absolute Gasteiger partial charge is 0.289 e. The molecule has 0 saturated carbocycles. The molecule has 1 aliphatic rings. The summed E-state index contributed by atoms with van der Waals surface area (Å²) in [7, 11) is 0. The van der Waals surface area contributed by atoms with Crippen LogP contribution < -0.4 is 4.85 Å². The van der Waals surface area contributed by atoms with Gasteiger partial charge in [0.25, 0.3) is 5.69 Å². The van der Waals surface area contributed by atoms with E-state index in [0.29, 0.717) is 29.1 Å². The van der Waals surface area contributed by atoms with Crippen molar-refractivity contribution in [2.24, 2.45) is 0 Å². The normalized spacial score (nSPS) is 18.7. The molecule has 6 heteroatoms. The Labute approximate surface area is 112 Å². The summed E-state index contributed by atoms with van der Waals surface area (Å²) in [5.41, 5.74) is 1.39. The van der Waals surface area contributed by atoms with Crippen LogP contribution in [0, 0.1) is 5.21 Å². The standard InChI is InChI=1S/C12H10BrN3O2/c13-9-6-7-10-11(12(9)17)14-15(16(10)18)8-4-2-1-3-5-8/h1-5,9H,6-7H2/t9-/m0/s1. The van der Waals surface area contributed by atoms with Gasteiger partial charge in [0.05, 0.1) is 9.93 Å². The molecule has 5 nitrogen and oxygen atoms in total. The molecule has 0 amide bonds. The van der Waals surface area contributed by atoms with Gasteiger partial charge in [0.2, 0.25) is 5.78 Å². The van der Waals surface area contributed by atoms with Crippen molar-refractivity contribution in [1.29, 1.82) is 0 Å². The summed E-state index contributed by atoms with van der Waals surface area (Å²) in [6.45, 7) is 0. The Morgan fingerprint density at radius 2 is 2.11 bits per heavy atom. The maximum absolute atomic E-state index is 12.1. The van der Waals surface area contributed by atoms with Gasteiger partial charge in [-0.25, -0.2) is 0 Å². The molecule has 2 aromatic rings. The third-order valence-electron chi connectivity index (χ3n) is 3.01. The Hall–Kier alpha value is -1.69. The maximum Gasteiger partial charge on any atom is 0.289 e. The van der Waals surface area contributed by atoms with E-state index in [4.69, 9.17) is 0 Å². The van der Waals surface area contributed by atoms with Crippen molar-refractivity contribution in [2.45, 2.75) is 17.7 Å². The van der Waals surface area contributed by atoms with Crippen molar-refractivity contribution in [1.82, 2.24) is 9.90 Å². The highest BCUT2D eigenvalue weighted by Gasteiger charge is 2.37. The highest BCUT2D eigenvalue weighted by atomic mass is 79.9. The van der Waals surface area contributed by atoms with Crippen molar-refractivity contribution in [2.75, 3.05) is 0 Å².